The van der Waals surface area contributed by atoms with Gasteiger partial charge in [0.25, 0.3) is 0 Å². The van der Waals surface area contributed by atoms with Gasteiger partial charge < -0.3 is 9.52 Å². The van der Waals surface area contributed by atoms with Gasteiger partial charge in [0.1, 0.15) is 11.5 Å². The molecule has 0 unspecified atom stereocenters. The van der Waals surface area contributed by atoms with Crippen molar-refractivity contribution in [2.75, 3.05) is 0 Å². The molecule has 3 rings (SSSR count). The van der Waals surface area contributed by atoms with Crippen molar-refractivity contribution < 1.29 is 14.3 Å². The van der Waals surface area contributed by atoms with Crippen LogP contribution in [0, 0.1) is 6.92 Å². The van der Waals surface area contributed by atoms with Crippen molar-refractivity contribution in [3.63, 3.8) is 0 Å². The Bertz CT molecular complexity index is 928. The van der Waals surface area contributed by atoms with E-state index in [1.807, 2.05) is 31.2 Å². The molecule has 0 bridgehead atoms. The number of aliphatic imine (C=N–C) groups is 1. The van der Waals surface area contributed by atoms with Gasteiger partial charge in [-0.25, -0.2) is 4.79 Å². The van der Waals surface area contributed by atoms with E-state index in [1.54, 1.807) is 36.5 Å². The molecular formula is C19H14ClNO3. The number of nitrogens with zero attached hydrogens (tertiary/aromatic N) is 1. The highest BCUT2D eigenvalue weighted by atomic mass is 35.5. The van der Waals surface area contributed by atoms with Crippen molar-refractivity contribution in [2.45, 2.75) is 6.92 Å². The first-order chi connectivity index (χ1) is 11.5. The summed E-state index contributed by atoms with van der Waals surface area (Å²) in [6.07, 6.45) is 1.60. The van der Waals surface area contributed by atoms with Crippen LogP contribution in [-0.4, -0.2) is 17.3 Å². The Hall–Kier alpha value is -2.85. The van der Waals surface area contributed by atoms with Crippen LogP contribution in [-0.2, 0) is 0 Å². The molecule has 0 saturated heterocycles. The Morgan fingerprint density at radius 2 is 1.96 bits per heavy atom. The summed E-state index contributed by atoms with van der Waals surface area (Å²) in [4.78, 5) is 15.3. The number of carboxylic acids is 1. The second-order valence-corrected chi connectivity index (χ2v) is 5.65. The molecule has 4 nitrogen and oxygen atoms in total. The number of hydrogen-bond donors (Lipinski definition) is 1. The zero-order chi connectivity index (χ0) is 17.1. The monoisotopic (exact) mass is 339 g/mol. The molecule has 3 aromatic rings. The lowest BCUT2D eigenvalue weighted by atomic mass is 10.0. The summed E-state index contributed by atoms with van der Waals surface area (Å²) in [5.74, 6) is 0.299. The first-order valence-electron chi connectivity index (χ1n) is 7.27. The third-order valence-corrected chi connectivity index (χ3v) is 3.87. The van der Waals surface area contributed by atoms with Gasteiger partial charge in [0.15, 0.2) is 0 Å². The Balaban J connectivity index is 1.86. The minimum Gasteiger partial charge on any atom is -0.478 e. The molecule has 0 spiro atoms. The van der Waals surface area contributed by atoms with Gasteiger partial charge in [-0.1, -0.05) is 29.8 Å². The molecule has 0 radical (unpaired) electrons. The third-order valence-electron chi connectivity index (χ3n) is 3.55. The molecule has 1 N–H and O–H groups in total. The summed E-state index contributed by atoms with van der Waals surface area (Å²) in [5, 5.41) is 9.59. The van der Waals surface area contributed by atoms with Crippen LogP contribution >= 0.6 is 11.6 Å². The smallest absolute Gasteiger partial charge is 0.335 e. The van der Waals surface area contributed by atoms with Crippen LogP contribution in [0.25, 0.3) is 11.3 Å². The van der Waals surface area contributed by atoms with Gasteiger partial charge in [0.2, 0.25) is 0 Å². The summed E-state index contributed by atoms with van der Waals surface area (Å²) >= 11 is 6.06. The molecule has 5 heteroatoms. The summed E-state index contributed by atoms with van der Waals surface area (Å²) < 4.78 is 5.77. The zero-order valence-electron chi connectivity index (χ0n) is 12.9. The lowest BCUT2D eigenvalue weighted by Crippen LogP contribution is -1.96. The van der Waals surface area contributed by atoms with Gasteiger partial charge >= 0.3 is 5.97 Å². The number of halogens is 1. The molecule has 0 amide bonds. The lowest BCUT2D eigenvalue weighted by molar-refractivity contribution is 0.0697. The van der Waals surface area contributed by atoms with Crippen LogP contribution in [0.4, 0.5) is 5.69 Å². The van der Waals surface area contributed by atoms with Crippen molar-refractivity contribution in [3.05, 3.63) is 76.5 Å². The minimum atomic E-state index is -0.948. The topological polar surface area (TPSA) is 62.8 Å². The summed E-state index contributed by atoms with van der Waals surface area (Å²) in [7, 11) is 0. The van der Waals surface area contributed by atoms with Gasteiger partial charge in [-0.15, -0.1) is 0 Å². The molecule has 1 heterocycles. The predicted molar refractivity (Wildman–Crippen MR) is 94.5 cm³/mol. The molecular weight excluding hydrogens is 326 g/mol. The van der Waals surface area contributed by atoms with Crippen LogP contribution in [0.5, 0.6) is 0 Å². The van der Waals surface area contributed by atoms with Crippen molar-refractivity contribution in [3.8, 4) is 11.3 Å². The molecule has 0 aliphatic carbocycles. The Morgan fingerprint density at radius 1 is 1.17 bits per heavy atom. The Kier molecular flexibility index (Phi) is 4.49. The normalized spacial score (nSPS) is 11.1. The molecule has 24 heavy (non-hydrogen) atoms. The van der Waals surface area contributed by atoms with Gasteiger partial charge in [0, 0.05) is 5.56 Å². The number of rotatable bonds is 4. The molecule has 0 fully saturated rings. The Labute approximate surface area is 144 Å². The highest BCUT2D eigenvalue weighted by Gasteiger charge is 2.10. The highest BCUT2D eigenvalue weighted by Crippen LogP contribution is 2.27. The predicted octanol–water partition coefficient (Wildman–Crippen LogP) is 5.36. The first-order valence-corrected chi connectivity index (χ1v) is 7.65. The second-order valence-electron chi connectivity index (χ2n) is 5.25. The van der Waals surface area contributed by atoms with Crippen molar-refractivity contribution in [1.29, 1.82) is 0 Å². The first kappa shape index (κ1) is 16.0. The molecule has 120 valence electrons. The largest absolute Gasteiger partial charge is 0.478 e. The number of benzene rings is 2. The fourth-order valence-corrected chi connectivity index (χ4v) is 2.51. The summed E-state index contributed by atoms with van der Waals surface area (Å²) in [6.45, 7) is 1.85. The maximum absolute atomic E-state index is 11.0. The minimum absolute atomic E-state index is 0.253. The fraction of sp³-hybridized carbons (Fsp3) is 0.0526. The average molecular weight is 340 g/mol. The molecule has 0 aliphatic heterocycles. The van der Waals surface area contributed by atoms with Crippen molar-refractivity contribution in [1.82, 2.24) is 0 Å². The lowest BCUT2D eigenvalue weighted by Gasteiger charge is -2.03. The number of carboxylic acid groups (broad SMARTS) is 1. The van der Waals surface area contributed by atoms with Crippen LogP contribution in [0.3, 0.4) is 0 Å². The summed E-state index contributed by atoms with van der Waals surface area (Å²) in [5.41, 5.74) is 2.60. The average Bonchev–Trinajstić information content (AvgIpc) is 3.02. The quantitative estimate of drug-likeness (QED) is 0.651. The molecule has 2 aromatic carbocycles. The van der Waals surface area contributed by atoms with Gasteiger partial charge in [-0.3, -0.25) is 4.99 Å². The third kappa shape index (κ3) is 3.39. The number of furan rings is 1. The van der Waals surface area contributed by atoms with E-state index in [1.165, 1.54) is 0 Å². The number of aromatic carboxylic acids is 1. The van der Waals surface area contributed by atoms with Gasteiger partial charge in [-0.05, 0) is 48.9 Å². The van der Waals surface area contributed by atoms with Crippen LogP contribution in [0.1, 0.15) is 21.7 Å². The molecule has 1 aromatic heterocycles. The molecule has 0 aliphatic rings. The van der Waals surface area contributed by atoms with E-state index in [0.717, 1.165) is 11.1 Å². The number of carbonyl (C=O) groups is 1. The zero-order valence-corrected chi connectivity index (χ0v) is 13.6. The van der Waals surface area contributed by atoms with E-state index in [2.05, 4.69) is 4.99 Å². The van der Waals surface area contributed by atoms with E-state index in [0.29, 0.717) is 22.2 Å². The van der Waals surface area contributed by atoms with E-state index in [9.17, 15) is 4.79 Å². The number of hydrogen-bond acceptors (Lipinski definition) is 3. The van der Waals surface area contributed by atoms with Crippen LogP contribution in [0.15, 0.2) is 64.0 Å². The highest BCUT2D eigenvalue weighted by molar-refractivity contribution is 6.33. The van der Waals surface area contributed by atoms with E-state index >= 15 is 0 Å². The fourth-order valence-electron chi connectivity index (χ4n) is 2.33. The molecule has 0 saturated carbocycles. The standard InChI is InChI=1S/C19H14ClNO3/c1-12-10-13(19(22)23)6-8-15(12)18-9-7-14(24-18)11-21-17-5-3-2-4-16(17)20/h2-11H,1H3,(H,22,23). The Morgan fingerprint density at radius 3 is 2.67 bits per heavy atom. The maximum Gasteiger partial charge on any atom is 0.335 e. The van der Waals surface area contributed by atoms with E-state index in [4.69, 9.17) is 21.1 Å². The number of aryl methyl sites for hydroxylation is 1. The van der Waals surface area contributed by atoms with Crippen molar-refractivity contribution in [2.24, 2.45) is 4.99 Å². The van der Waals surface area contributed by atoms with Crippen LogP contribution in [0.2, 0.25) is 5.02 Å². The van der Waals surface area contributed by atoms with Crippen LogP contribution < -0.4 is 0 Å². The van der Waals surface area contributed by atoms with E-state index < -0.39 is 5.97 Å². The van der Waals surface area contributed by atoms with E-state index in [-0.39, 0.29) is 5.56 Å². The molecule has 0 atom stereocenters. The second kappa shape index (κ2) is 6.72. The van der Waals surface area contributed by atoms with Crippen molar-refractivity contribution >= 4 is 29.5 Å². The maximum atomic E-state index is 11.0. The number of para-hydroxylation sites is 1. The van der Waals surface area contributed by atoms with Gasteiger partial charge in [0.05, 0.1) is 22.5 Å². The summed E-state index contributed by atoms with van der Waals surface area (Å²) in [6, 6.07) is 15.9. The van der Waals surface area contributed by atoms with Gasteiger partial charge in [-0.2, -0.15) is 0 Å². The SMILES string of the molecule is Cc1cc(C(=O)O)ccc1-c1ccc(C=Nc2ccccc2Cl)o1.